The van der Waals surface area contributed by atoms with Gasteiger partial charge in [0.15, 0.2) is 0 Å². The van der Waals surface area contributed by atoms with Gasteiger partial charge in [-0.3, -0.25) is 0 Å². The molecule has 0 aromatic heterocycles. The fourth-order valence-corrected chi connectivity index (χ4v) is 2.32. The molecule has 1 radical (unpaired) electrons. The molecule has 0 atom stereocenters. The van der Waals surface area contributed by atoms with Crippen LogP contribution in [0.4, 0.5) is 0 Å². The summed E-state index contributed by atoms with van der Waals surface area (Å²) in [4.78, 5) is 40.8. The van der Waals surface area contributed by atoms with E-state index in [-0.39, 0.29) is 18.6 Å². The summed E-state index contributed by atoms with van der Waals surface area (Å²) in [6, 6.07) is 33.2. The normalized spacial score (nSPS) is 8.65. The molecule has 0 amide bonds. The number of carboxylic acid groups (broad SMARTS) is 4. The second-order valence-electron chi connectivity index (χ2n) is 6.68. The van der Waals surface area contributed by atoms with E-state index in [1.807, 2.05) is 0 Å². The van der Waals surface area contributed by atoms with E-state index in [4.69, 9.17) is 20.4 Å². The minimum atomic E-state index is -0.879. The van der Waals surface area contributed by atoms with Gasteiger partial charge < -0.3 is 20.4 Å². The van der Waals surface area contributed by atoms with Crippen LogP contribution in [0, 0.1) is 0 Å². The number of benzene rings is 4. The van der Waals surface area contributed by atoms with Crippen molar-refractivity contribution in [3.05, 3.63) is 144 Å². The maximum atomic E-state index is 10.2. The van der Waals surface area contributed by atoms with Crippen LogP contribution in [0.1, 0.15) is 41.4 Å². The predicted molar refractivity (Wildman–Crippen MR) is 134 cm³/mol. The van der Waals surface area contributed by atoms with Crippen molar-refractivity contribution < 1.29 is 58.2 Å². The molecular weight excluding hydrogens is 515 g/mol. The van der Waals surface area contributed by atoms with E-state index in [9.17, 15) is 19.2 Å². The molecule has 0 fully saturated rings. The molecule has 0 heterocycles. The molecule has 0 bridgehead atoms. The minimum Gasteiger partial charge on any atom is -0.478 e. The van der Waals surface area contributed by atoms with Crippen molar-refractivity contribution >= 4 is 23.9 Å². The van der Waals surface area contributed by atoms with Gasteiger partial charge in [0.25, 0.3) is 0 Å². The molecule has 0 unspecified atom stereocenters. The first-order valence-corrected chi connectivity index (χ1v) is 10.4. The molecule has 0 saturated carbocycles. The van der Waals surface area contributed by atoms with E-state index >= 15 is 0 Å². The molecule has 4 aromatic rings. The summed E-state index contributed by atoms with van der Waals surface area (Å²) in [6.07, 6.45) is 0. The molecule has 0 aliphatic rings. The second kappa shape index (κ2) is 18.6. The van der Waals surface area contributed by atoms with Crippen LogP contribution < -0.4 is 0 Å². The van der Waals surface area contributed by atoms with Gasteiger partial charge in [0.05, 0.1) is 22.3 Å². The molecule has 0 aliphatic carbocycles. The van der Waals surface area contributed by atoms with Crippen LogP contribution >= 0.6 is 0 Å². The maximum absolute atomic E-state index is 10.2. The number of hydrogen-bond acceptors (Lipinski definition) is 4. The Bertz CT molecular complexity index is 1020. The number of carboxylic acids is 4. The summed E-state index contributed by atoms with van der Waals surface area (Å²) in [6.45, 7) is 0. The largest absolute Gasteiger partial charge is 0.478 e. The van der Waals surface area contributed by atoms with Crippen molar-refractivity contribution in [2.45, 2.75) is 0 Å². The molecule has 0 aliphatic heterocycles. The van der Waals surface area contributed by atoms with E-state index in [0.29, 0.717) is 22.3 Å². The monoisotopic (exact) mass is 539 g/mol. The van der Waals surface area contributed by atoms with Crippen LogP contribution in [-0.4, -0.2) is 44.3 Å². The molecule has 4 rings (SSSR count). The van der Waals surface area contributed by atoms with E-state index in [1.165, 1.54) is 0 Å². The molecule has 0 saturated heterocycles. The quantitative estimate of drug-likeness (QED) is 0.264. The first-order valence-electron chi connectivity index (χ1n) is 10.4. The van der Waals surface area contributed by atoms with E-state index < -0.39 is 23.9 Å². The molecule has 37 heavy (non-hydrogen) atoms. The summed E-state index contributed by atoms with van der Waals surface area (Å²) < 4.78 is 0. The zero-order valence-corrected chi connectivity index (χ0v) is 20.8. The third-order valence-electron chi connectivity index (χ3n) is 4.08. The van der Waals surface area contributed by atoms with E-state index in [2.05, 4.69) is 0 Å². The van der Waals surface area contributed by atoms with Gasteiger partial charge in [-0.25, -0.2) is 19.2 Å². The van der Waals surface area contributed by atoms with Gasteiger partial charge in [0.2, 0.25) is 0 Å². The third-order valence-corrected chi connectivity index (χ3v) is 4.08. The SMILES string of the molecule is O=C(O)c1ccccc1.O=C(O)c1ccccc1.O=C(O)c1ccccc1.O=C(O)c1ccccc1.[V]. The van der Waals surface area contributed by atoms with Crippen LogP contribution in [0.3, 0.4) is 0 Å². The molecule has 0 spiro atoms. The zero-order valence-electron chi connectivity index (χ0n) is 19.4. The number of hydrogen-bond donors (Lipinski definition) is 4. The summed E-state index contributed by atoms with van der Waals surface area (Å²) in [5.41, 5.74) is 1.32. The Balaban J connectivity index is 0.000000463. The zero-order chi connectivity index (χ0) is 26.8. The number of aromatic carboxylic acids is 4. The van der Waals surface area contributed by atoms with Gasteiger partial charge in [-0.05, 0) is 48.5 Å². The topological polar surface area (TPSA) is 149 Å². The average molecular weight is 539 g/mol. The van der Waals surface area contributed by atoms with Gasteiger partial charge in [-0.1, -0.05) is 72.8 Å². The second-order valence-corrected chi connectivity index (χ2v) is 6.68. The molecular formula is C28H24O8V. The maximum Gasteiger partial charge on any atom is 0.335 e. The Morgan fingerprint density at radius 3 is 0.541 bits per heavy atom. The van der Waals surface area contributed by atoms with E-state index in [0.717, 1.165) is 0 Å². The van der Waals surface area contributed by atoms with Gasteiger partial charge in [-0.2, -0.15) is 0 Å². The van der Waals surface area contributed by atoms with Crippen molar-refractivity contribution in [1.29, 1.82) is 0 Å². The van der Waals surface area contributed by atoms with Gasteiger partial charge in [-0.15, -0.1) is 0 Å². The van der Waals surface area contributed by atoms with Crippen LogP contribution in [-0.2, 0) is 18.6 Å². The predicted octanol–water partition coefficient (Wildman–Crippen LogP) is 5.54. The van der Waals surface area contributed by atoms with Crippen molar-refractivity contribution in [3.8, 4) is 0 Å². The summed E-state index contributed by atoms with van der Waals surface area (Å²) in [7, 11) is 0. The molecule has 4 aromatic carbocycles. The third kappa shape index (κ3) is 14.4. The van der Waals surface area contributed by atoms with Gasteiger partial charge >= 0.3 is 23.9 Å². The van der Waals surface area contributed by atoms with Crippen LogP contribution in [0.5, 0.6) is 0 Å². The van der Waals surface area contributed by atoms with Crippen molar-refractivity contribution in [1.82, 2.24) is 0 Å². The van der Waals surface area contributed by atoms with Crippen molar-refractivity contribution in [2.24, 2.45) is 0 Å². The Hall–Kier alpha value is -4.66. The van der Waals surface area contributed by atoms with E-state index in [1.54, 1.807) is 121 Å². The first-order chi connectivity index (χ1) is 17.2. The summed E-state index contributed by atoms with van der Waals surface area (Å²) in [5.74, 6) is -3.52. The van der Waals surface area contributed by atoms with Crippen LogP contribution in [0.25, 0.3) is 0 Å². The Morgan fingerprint density at radius 2 is 0.459 bits per heavy atom. The first kappa shape index (κ1) is 32.3. The molecule has 9 heteroatoms. The average Bonchev–Trinajstić information content (AvgIpc) is 2.92. The number of rotatable bonds is 4. The minimum absolute atomic E-state index is 0. The fraction of sp³-hybridized carbons (Fsp3) is 0. The number of carbonyl (C=O) groups is 4. The van der Waals surface area contributed by atoms with Crippen LogP contribution in [0.15, 0.2) is 121 Å². The molecule has 4 N–H and O–H groups in total. The van der Waals surface area contributed by atoms with Gasteiger partial charge in [0.1, 0.15) is 0 Å². The molecule has 8 nitrogen and oxygen atoms in total. The van der Waals surface area contributed by atoms with Crippen LogP contribution in [0.2, 0.25) is 0 Å². The Morgan fingerprint density at radius 1 is 0.324 bits per heavy atom. The Kier molecular flexibility index (Phi) is 16.3. The standard InChI is InChI=1S/4C7H6O2.V/c4*8-7(9)6-4-2-1-3-5-6;/h4*1-5H,(H,8,9);. The summed E-state index contributed by atoms with van der Waals surface area (Å²) in [5, 5.41) is 33.5. The fourth-order valence-electron chi connectivity index (χ4n) is 2.32. The Labute approximate surface area is 225 Å². The van der Waals surface area contributed by atoms with Crippen molar-refractivity contribution in [3.63, 3.8) is 0 Å². The van der Waals surface area contributed by atoms with Crippen molar-refractivity contribution in [2.75, 3.05) is 0 Å². The smallest absolute Gasteiger partial charge is 0.335 e. The molecule has 189 valence electrons. The van der Waals surface area contributed by atoms with Gasteiger partial charge in [0, 0.05) is 18.6 Å². The summed E-state index contributed by atoms with van der Waals surface area (Å²) >= 11 is 0.